The average Bonchev–Trinajstić information content (AvgIpc) is 3.09. The number of furan rings is 1. The summed E-state index contributed by atoms with van der Waals surface area (Å²) in [4.78, 5) is 0. The molecule has 2 aromatic heterocycles. The van der Waals surface area contributed by atoms with Crippen LogP contribution in [0.3, 0.4) is 0 Å². The van der Waals surface area contributed by atoms with Gasteiger partial charge < -0.3 is 9.73 Å². The van der Waals surface area contributed by atoms with Gasteiger partial charge in [-0.3, -0.25) is 4.68 Å². The van der Waals surface area contributed by atoms with E-state index in [1.807, 2.05) is 6.07 Å². The highest BCUT2D eigenvalue weighted by atomic mass is 35.5. The van der Waals surface area contributed by atoms with Crippen LogP contribution < -0.4 is 5.32 Å². The second kappa shape index (κ2) is 7.66. The van der Waals surface area contributed by atoms with E-state index in [4.69, 9.17) is 16.0 Å². The standard InChI is InChI=1S/C16H24ClN3O/c1-4-9-18-14(15-7-8-16(17)21-15)11-13-10-12(5-2)19-20(13)6-3/h7-8,10,14,18H,4-6,9,11H2,1-3H3. The van der Waals surface area contributed by atoms with E-state index in [9.17, 15) is 0 Å². The zero-order valence-corrected chi connectivity index (χ0v) is 13.8. The third-order valence-electron chi connectivity index (χ3n) is 3.57. The van der Waals surface area contributed by atoms with Gasteiger partial charge in [0.25, 0.3) is 0 Å². The van der Waals surface area contributed by atoms with Gasteiger partial charge in [-0.1, -0.05) is 13.8 Å². The predicted molar refractivity (Wildman–Crippen MR) is 85.7 cm³/mol. The van der Waals surface area contributed by atoms with Gasteiger partial charge in [-0.15, -0.1) is 0 Å². The lowest BCUT2D eigenvalue weighted by atomic mass is 10.1. The van der Waals surface area contributed by atoms with E-state index >= 15 is 0 Å². The molecule has 2 heterocycles. The maximum Gasteiger partial charge on any atom is 0.193 e. The number of aryl methyl sites for hydroxylation is 2. The van der Waals surface area contributed by atoms with Crippen LogP contribution in [0.4, 0.5) is 0 Å². The largest absolute Gasteiger partial charge is 0.448 e. The summed E-state index contributed by atoms with van der Waals surface area (Å²) < 4.78 is 7.67. The predicted octanol–water partition coefficient (Wildman–Crippen LogP) is 4.00. The number of halogens is 1. The summed E-state index contributed by atoms with van der Waals surface area (Å²) in [5.74, 6) is 0.885. The highest BCUT2D eigenvalue weighted by molar-refractivity contribution is 6.28. The fourth-order valence-corrected chi connectivity index (χ4v) is 2.59. The van der Waals surface area contributed by atoms with Crippen molar-refractivity contribution >= 4 is 11.6 Å². The van der Waals surface area contributed by atoms with Crippen LogP contribution in [0.1, 0.15) is 50.4 Å². The minimum Gasteiger partial charge on any atom is -0.448 e. The molecule has 0 aliphatic heterocycles. The molecule has 0 bridgehead atoms. The molecule has 4 nitrogen and oxygen atoms in total. The number of hydrogen-bond acceptors (Lipinski definition) is 3. The molecule has 0 fully saturated rings. The lowest BCUT2D eigenvalue weighted by Gasteiger charge is -2.16. The molecule has 1 unspecified atom stereocenters. The van der Waals surface area contributed by atoms with Crippen molar-refractivity contribution in [2.24, 2.45) is 0 Å². The van der Waals surface area contributed by atoms with Crippen LogP contribution in [0, 0.1) is 0 Å². The zero-order chi connectivity index (χ0) is 15.2. The fourth-order valence-electron chi connectivity index (χ4n) is 2.44. The molecule has 116 valence electrons. The first-order valence-electron chi connectivity index (χ1n) is 7.72. The van der Waals surface area contributed by atoms with E-state index < -0.39 is 0 Å². The molecule has 0 saturated heterocycles. The summed E-state index contributed by atoms with van der Waals surface area (Å²) in [5, 5.41) is 8.58. The van der Waals surface area contributed by atoms with Crippen molar-refractivity contribution in [2.75, 3.05) is 6.54 Å². The first kappa shape index (κ1) is 16.1. The molecule has 0 radical (unpaired) electrons. The summed E-state index contributed by atoms with van der Waals surface area (Å²) in [6.07, 6.45) is 2.89. The summed E-state index contributed by atoms with van der Waals surface area (Å²) in [5.41, 5.74) is 2.37. The Bertz CT molecular complexity index is 562. The minimum atomic E-state index is 0.129. The summed E-state index contributed by atoms with van der Waals surface area (Å²) in [7, 11) is 0. The number of aromatic nitrogens is 2. The first-order chi connectivity index (χ1) is 10.2. The fraction of sp³-hybridized carbons (Fsp3) is 0.562. The smallest absolute Gasteiger partial charge is 0.193 e. The zero-order valence-electron chi connectivity index (χ0n) is 13.0. The Balaban J connectivity index is 2.19. The molecule has 0 spiro atoms. The van der Waals surface area contributed by atoms with E-state index in [2.05, 4.69) is 41.9 Å². The molecule has 0 aromatic carbocycles. The summed E-state index contributed by atoms with van der Waals surface area (Å²) >= 11 is 5.91. The summed E-state index contributed by atoms with van der Waals surface area (Å²) in [6.45, 7) is 8.24. The van der Waals surface area contributed by atoms with Crippen molar-refractivity contribution in [1.29, 1.82) is 0 Å². The van der Waals surface area contributed by atoms with Gasteiger partial charge >= 0.3 is 0 Å². The van der Waals surface area contributed by atoms with Crippen LogP contribution in [0.2, 0.25) is 5.22 Å². The van der Waals surface area contributed by atoms with Gasteiger partial charge in [-0.2, -0.15) is 5.10 Å². The lowest BCUT2D eigenvalue weighted by Crippen LogP contribution is -2.24. The molecule has 1 N–H and O–H groups in total. The highest BCUT2D eigenvalue weighted by Gasteiger charge is 2.18. The molecule has 21 heavy (non-hydrogen) atoms. The second-order valence-corrected chi connectivity index (χ2v) is 5.52. The van der Waals surface area contributed by atoms with E-state index in [0.717, 1.165) is 43.8 Å². The third kappa shape index (κ3) is 4.11. The van der Waals surface area contributed by atoms with Crippen LogP contribution in [0.5, 0.6) is 0 Å². The van der Waals surface area contributed by atoms with Crippen LogP contribution in [0.25, 0.3) is 0 Å². The quantitative estimate of drug-likeness (QED) is 0.801. The van der Waals surface area contributed by atoms with Crippen molar-refractivity contribution in [3.05, 3.63) is 40.6 Å². The Morgan fingerprint density at radius 2 is 2.14 bits per heavy atom. The van der Waals surface area contributed by atoms with Gasteiger partial charge in [-0.05, 0) is 56.1 Å². The molecule has 1 atom stereocenters. The van der Waals surface area contributed by atoms with Gasteiger partial charge in [0.1, 0.15) is 5.76 Å². The van der Waals surface area contributed by atoms with Crippen molar-refractivity contribution in [3.8, 4) is 0 Å². The minimum absolute atomic E-state index is 0.129. The Kier molecular flexibility index (Phi) is 5.88. The van der Waals surface area contributed by atoms with Crippen LogP contribution in [0.15, 0.2) is 22.6 Å². The maximum absolute atomic E-state index is 5.91. The highest BCUT2D eigenvalue weighted by Crippen LogP contribution is 2.24. The van der Waals surface area contributed by atoms with Crippen molar-refractivity contribution in [1.82, 2.24) is 15.1 Å². The van der Waals surface area contributed by atoms with E-state index in [1.54, 1.807) is 6.07 Å². The Labute approximate surface area is 131 Å². The van der Waals surface area contributed by atoms with Gasteiger partial charge in [0, 0.05) is 18.7 Å². The van der Waals surface area contributed by atoms with Gasteiger partial charge in [0.2, 0.25) is 0 Å². The van der Waals surface area contributed by atoms with Crippen LogP contribution >= 0.6 is 11.6 Å². The topological polar surface area (TPSA) is 43.0 Å². The molecular weight excluding hydrogens is 286 g/mol. The van der Waals surface area contributed by atoms with Crippen LogP contribution in [-0.2, 0) is 19.4 Å². The molecule has 5 heteroatoms. The molecular formula is C16H24ClN3O. The van der Waals surface area contributed by atoms with Crippen molar-refractivity contribution in [2.45, 2.75) is 52.6 Å². The number of nitrogens with zero attached hydrogens (tertiary/aromatic N) is 2. The van der Waals surface area contributed by atoms with Crippen LogP contribution in [-0.4, -0.2) is 16.3 Å². The van der Waals surface area contributed by atoms with E-state index in [0.29, 0.717) is 5.22 Å². The van der Waals surface area contributed by atoms with Gasteiger partial charge in [-0.25, -0.2) is 0 Å². The maximum atomic E-state index is 5.91. The van der Waals surface area contributed by atoms with Crippen molar-refractivity contribution < 1.29 is 4.42 Å². The van der Waals surface area contributed by atoms with Crippen molar-refractivity contribution in [3.63, 3.8) is 0 Å². The third-order valence-corrected chi connectivity index (χ3v) is 3.77. The monoisotopic (exact) mass is 309 g/mol. The normalized spacial score (nSPS) is 12.8. The average molecular weight is 310 g/mol. The molecule has 0 aliphatic carbocycles. The second-order valence-electron chi connectivity index (χ2n) is 5.15. The van der Waals surface area contributed by atoms with E-state index in [1.165, 1.54) is 5.69 Å². The Hall–Kier alpha value is -1.26. The number of hydrogen-bond donors (Lipinski definition) is 1. The van der Waals surface area contributed by atoms with E-state index in [-0.39, 0.29) is 6.04 Å². The molecule has 2 rings (SSSR count). The number of rotatable bonds is 8. The summed E-state index contributed by atoms with van der Waals surface area (Å²) in [6, 6.07) is 6.06. The Morgan fingerprint density at radius 3 is 2.71 bits per heavy atom. The SMILES string of the molecule is CCCNC(Cc1cc(CC)nn1CC)c1ccc(Cl)o1. The number of nitrogens with one attached hydrogen (secondary N) is 1. The molecule has 2 aromatic rings. The molecule has 0 saturated carbocycles. The van der Waals surface area contributed by atoms with Gasteiger partial charge in [0.15, 0.2) is 5.22 Å². The molecule has 0 aliphatic rings. The first-order valence-corrected chi connectivity index (χ1v) is 8.09. The lowest BCUT2D eigenvalue weighted by molar-refractivity contribution is 0.403. The van der Waals surface area contributed by atoms with Gasteiger partial charge in [0.05, 0.1) is 11.7 Å². The Morgan fingerprint density at radius 1 is 1.33 bits per heavy atom. The molecule has 0 amide bonds.